The van der Waals surface area contributed by atoms with Crippen LogP contribution < -0.4 is 14.8 Å². The highest BCUT2D eigenvalue weighted by molar-refractivity contribution is 7.16. The normalized spacial score (nSPS) is 12.8. The van der Waals surface area contributed by atoms with E-state index in [-0.39, 0.29) is 28.7 Å². The van der Waals surface area contributed by atoms with E-state index in [2.05, 4.69) is 11.4 Å². The lowest BCUT2D eigenvalue weighted by Gasteiger charge is -2.13. The van der Waals surface area contributed by atoms with E-state index in [1.54, 1.807) is 6.92 Å². The number of fused-ring (bicyclic) bond motifs is 1. The Labute approximate surface area is 199 Å². The number of thiophene rings is 1. The first-order chi connectivity index (χ1) is 15.9. The standard InChI is InChI=1S/C23H20ClN3O5S/c1-2-31-18-9-13(8-17(24)21(18)32-12-20(28)29)7-14(10-25)22(30)27-23-16(11-26)15-5-3-4-6-19(15)33-23/h7-9H,2-6,12H2,1H3,(H,27,30)(H,28,29). The van der Waals surface area contributed by atoms with Crippen LogP contribution in [0.5, 0.6) is 11.5 Å². The van der Waals surface area contributed by atoms with Gasteiger partial charge in [-0.15, -0.1) is 11.3 Å². The minimum Gasteiger partial charge on any atom is -0.490 e. The van der Waals surface area contributed by atoms with Crippen LogP contribution in [0.25, 0.3) is 6.08 Å². The molecule has 0 aliphatic heterocycles. The van der Waals surface area contributed by atoms with E-state index < -0.39 is 18.5 Å². The van der Waals surface area contributed by atoms with Gasteiger partial charge in [0.1, 0.15) is 22.7 Å². The van der Waals surface area contributed by atoms with Gasteiger partial charge in [0.05, 0.1) is 17.2 Å². The highest BCUT2D eigenvalue weighted by Crippen LogP contribution is 2.39. The monoisotopic (exact) mass is 485 g/mol. The minimum absolute atomic E-state index is 0.0591. The number of carboxylic acid groups (broad SMARTS) is 1. The molecular weight excluding hydrogens is 466 g/mol. The van der Waals surface area contributed by atoms with Crippen molar-refractivity contribution in [3.63, 3.8) is 0 Å². The van der Waals surface area contributed by atoms with E-state index in [9.17, 15) is 20.1 Å². The number of nitrogens with one attached hydrogen (secondary N) is 1. The summed E-state index contributed by atoms with van der Waals surface area (Å²) >= 11 is 7.62. The van der Waals surface area contributed by atoms with Gasteiger partial charge in [-0.25, -0.2) is 4.79 Å². The predicted molar refractivity (Wildman–Crippen MR) is 124 cm³/mol. The quantitative estimate of drug-likeness (QED) is 0.413. The summed E-state index contributed by atoms with van der Waals surface area (Å²) in [6, 6.07) is 6.99. The van der Waals surface area contributed by atoms with Gasteiger partial charge in [-0.05, 0) is 61.9 Å². The smallest absolute Gasteiger partial charge is 0.341 e. The Morgan fingerprint density at radius 3 is 2.70 bits per heavy atom. The molecule has 3 rings (SSSR count). The average molecular weight is 486 g/mol. The summed E-state index contributed by atoms with van der Waals surface area (Å²) in [5.41, 5.74) is 1.64. The highest BCUT2D eigenvalue weighted by atomic mass is 35.5. The van der Waals surface area contributed by atoms with Gasteiger partial charge >= 0.3 is 5.97 Å². The number of aliphatic carboxylic acids is 1. The fourth-order valence-electron chi connectivity index (χ4n) is 3.47. The SMILES string of the molecule is CCOc1cc(C=C(C#N)C(=O)Nc2sc3c(c2C#N)CCCC3)cc(Cl)c1OCC(=O)O. The van der Waals surface area contributed by atoms with Gasteiger partial charge in [0, 0.05) is 4.88 Å². The maximum Gasteiger partial charge on any atom is 0.341 e. The number of nitrogens with zero attached hydrogens (tertiary/aromatic N) is 2. The van der Waals surface area contributed by atoms with Crippen LogP contribution in [0, 0.1) is 22.7 Å². The van der Waals surface area contributed by atoms with Gasteiger partial charge in [-0.3, -0.25) is 4.79 Å². The number of ether oxygens (including phenoxy) is 2. The summed E-state index contributed by atoms with van der Waals surface area (Å²) in [6.07, 6.45) is 5.07. The van der Waals surface area contributed by atoms with Crippen molar-refractivity contribution in [2.75, 3.05) is 18.5 Å². The molecule has 2 N–H and O–H groups in total. The van der Waals surface area contributed by atoms with Crippen molar-refractivity contribution in [1.82, 2.24) is 0 Å². The molecule has 10 heteroatoms. The van der Waals surface area contributed by atoms with Crippen molar-refractivity contribution >= 4 is 45.9 Å². The molecule has 2 aromatic rings. The van der Waals surface area contributed by atoms with Crippen molar-refractivity contribution in [2.45, 2.75) is 32.6 Å². The molecule has 1 aliphatic carbocycles. The van der Waals surface area contributed by atoms with Crippen molar-refractivity contribution in [3.05, 3.63) is 44.3 Å². The van der Waals surface area contributed by atoms with E-state index in [0.717, 1.165) is 36.1 Å². The lowest BCUT2D eigenvalue weighted by Crippen LogP contribution is -2.13. The van der Waals surface area contributed by atoms with Gasteiger partial charge < -0.3 is 19.9 Å². The van der Waals surface area contributed by atoms with Crippen LogP contribution >= 0.6 is 22.9 Å². The first kappa shape index (κ1) is 24.1. The molecule has 0 saturated heterocycles. The third-order valence-corrected chi connectivity index (χ3v) is 6.35. The molecule has 0 unspecified atom stereocenters. The fraction of sp³-hybridized carbons (Fsp3) is 0.304. The molecule has 0 atom stereocenters. The zero-order chi connectivity index (χ0) is 24.0. The molecule has 0 spiro atoms. The number of amides is 1. The van der Waals surface area contributed by atoms with E-state index in [1.165, 1.54) is 29.5 Å². The Morgan fingerprint density at radius 1 is 1.27 bits per heavy atom. The molecule has 0 fully saturated rings. The Morgan fingerprint density at radius 2 is 2.03 bits per heavy atom. The van der Waals surface area contributed by atoms with Crippen LogP contribution in [-0.2, 0) is 22.4 Å². The molecular formula is C23H20ClN3O5S. The molecule has 170 valence electrons. The summed E-state index contributed by atoms with van der Waals surface area (Å²) in [4.78, 5) is 24.7. The fourth-order valence-corrected chi connectivity index (χ4v) is 4.97. The molecule has 1 aromatic heterocycles. The second-order valence-corrected chi connectivity index (χ2v) is 8.61. The number of halogens is 1. The molecule has 8 nitrogen and oxygen atoms in total. The third kappa shape index (κ3) is 5.64. The summed E-state index contributed by atoms with van der Waals surface area (Å²) in [5.74, 6) is -1.57. The van der Waals surface area contributed by atoms with Crippen molar-refractivity contribution < 1.29 is 24.2 Å². The van der Waals surface area contributed by atoms with Crippen LogP contribution in [-0.4, -0.2) is 30.2 Å². The van der Waals surface area contributed by atoms with E-state index in [1.807, 2.05) is 6.07 Å². The highest BCUT2D eigenvalue weighted by Gasteiger charge is 2.23. The molecule has 0 saturated carbocycles. The van der Waals surface area contributed by atoms with Crippen LogP contribution in [0.3, 0.4) is 0 Å². The molecule has 0 bridgehead atoms. The summed E-state index contributed by atoms with van der Waals surface area (Å²) in [6.45, 7) is 1.39. The van der Waals surface area contributed by atoms with Gasteiger partial charge in [-0.1, -0.05) is 11.6 Å². The first-order valence-electron chi connectivity index (χ1n) is 10.2. The number of hydrogen-bond donors (Lipinski definition) is 2. The molecule has 1 aliphatic rings. The second kappa shape index (κ2) is 10.9. The van der Waals surface area contributed by atoms with Gasteiger partial charge in [0.25, 0.3) is 5.91 Å². The number of carbonyl (C=O) groups is 2. The summed E-state index contributed by atoms with van der Waals surface area (Å²) in [5, 5.41) is 31.2. The van der Waals surface area contributed by atoms with E-state index in [4.69, 9.17) is 26.2 Å². The van der Waals surface area contributed by atoms with Crippen molar-refractivity contribution in [2.24, 2.45) is 0 Å². The molecule has 1 heterocycles. The number of hydrogen-bond acceptors (Lipinski definition) is 7. The zero-order valence-electron chi connectivity index (χ0n) is 17.7. The lowest BCUT2D eigenvalue weighted by atomic mass is 9.96. The average Bonchev–Trinajstić information content (AvgIpc) is 3.13. The Balaban J connectivity index is 1.89. The number of nitriles is 2. The predicted octanol–water partition coefficient (Wildman–Crippen LogP) is 4.56. The lowest BCUT2D eigenvalue weighted by molar-refractivity contribution is -0.139. The minimum atomic E-state index is -1.17. The topological polar surface area (TPSA) is 132 Å². The molecule has 0 radical (unpaired) electrons. The molecule has 1 aromatic carbocycles. The summed E-state index contributed by atoms with van der Waals surface area (Å²) in [7, 11) is 0. The number of aryl methyl sites for hydroxylation is 1. The summed E-state index contributed by atoms with van der Waals surface area (Å²) < 4.78 is 10.7. The number of carboxylic acids is 1. The second-order valence-electron chi connectivity index (χ2n) is 7.10. The zero-order valence-corrected chi connectivity index (χ0v) is 19.3. The molecule has 1 amide bonds. The molecule has 33 heavy (non-hydrogen) atoms. The third-order valence-electron chi connectivity index (χ3n) is 4.86. The largest absolute Gasteiger partial charge is 0.490 e. The van der Waals surface area contributed by atoms with Gasteiger partial charge in [0.15, 0.2) is 18.1 Å². The van der Waals surface area contributed by atoms with Crippen molar-refractivity contribution in [1.29, 1.82) is 10.5 Å². The first-order valence-corrected chi connectivity index (χ1v) is 11.4. The number of benzene rings is 1. The van der Waals surface area contributed by atoms with Crippen molar-refractivity contribution in [3.8, 4) is 23.6 Å². The van der Waals surface area contributed by atoms with Crippen LogP contribution in [0.4, 0.5) is 5.00 Å². The number of rotatable bonds is 8. The van der Waals surface area contributed by atoms with E-state index in [0.29, 0.717) is 16.1 Å². The number of carbonyl (C=O) groups excluding carboxylic acids is 1. The Hall–Kier alpha value is -3.53. The maximum atomic E-state index is 12.8. The number of anilines is 1. The maximum absolute atomic E-state index is 12.8. The van der Waals surface area contributed by atoms with Gasteiger partial charge in [-0.2, -0.15) is 10.5 Å². The van der Waals surface area contributed by atoms with Crippen LogP contribution in [0.1, 0.15) is 41.3 Å². The van der Waals surface area contributed by atoms with Crippen LogP contribution in [0.2, 0.25) is 5.02 Å². The van der Waals surface area contributed by atoms with E-state index >= 15 is 0 Å². The van der Waals surface area contributed by atoms with Crippen LogP contribution in [0.15, 0.2) is 17.7 Å². The Bertz CT molecular complexity index is 1210. The Kier molecular flexibility index (Phi) is 7.94. The van der Waals surface area contributed by atoms with Gasteiger partial charge in [0.2, 0.25) is 0 Å².